The van der Waals surface area contributed by atoms with E-state index in [1.165, 1.54) is 11.1 Å². The maximum atomic E-state index is 12.7. The van der Waals surface area contributed by atoms with E-state index in [1.54, 1.807) is 29.4 Å². The van der Waals surface area contributed by atoms with Crippen LogP contribution in [0, 0.1) is 20.8 Å². The first-order valence-corrected chi connectivity index (χ1v) is 8.99. The van der Waals surface area contributed by atoms with Crippen molar-refractivity contribution in [2.75, 3.05) is 26.2 Å². The van der Waals surface area contributed by atoms with E-state index in [1.807, 2.05) is 4.90 Å². The number of hydrogen-bond donors (Lipinski definition) is 0. The van der Waals surface area contributed by atoms with Crippen LogP contribution in [-0.2, 0) is 11.2 Å². The molecule has 0 N–H and O–H groups in total. The van der Waals surface area contributed by atoms with Crippen LogP contribution in [0.25, 0.3) is 0 Å². The number of amides is 2. The predicted molar refractivity (Wildman–Crippen MR) is 101 cm³/mol. The molecule has 1 aromatic heterocycles. The van der Waals surface area contributed by atoms with Crippen LogP contribution in [0.1, 0.15) is 32.6 Å². The number of nitrogens with zero attached hydrogens (tertiary/aromatic N) is 3. The van der Waals surface area contributed by atoms with Gasteiger partial charge in [0, 0.05) is 38.6 Å². The van der Waals surface area contributed by atoms with Crippen molar-refractivity contribution in [3.8, 4) is 0 Å². The number of benzene rings is 1. The van der Waals surface area contributed by atoms with Gasteiger partial charge in [-0.15, -0.1) is 0 Å². The van der Waals surface area contributed by atoms with Crippen LogP contribution >= 0.6 is 0 Å². The fourth-order valence-corrected chi connectivity index (χ4v) is 3.32. The number of hydrogen-bond acceptors (Lipinski definition) is 3. The second-order valence-electron chi connectivity index (χ2n) is 6.95. The second kappa shape index (κ2) is 7.68. The second-order valence-corrected chi connectivity index (χ2v) is 6.95. The summed E-state index contributed by atoms with van der Waals surface area (Å²) in [5.74, 6) is 0.111. The first kappa shape index (κ1) is 18.1. The van der Waals surface area contributed by atoms with Crippen LogP contribution < -0.4 is 0 Å². The maximum Gasteiger partial charge on any atom is 0.255 e. The Bertz CT molecular complexity index is 810. The molecular weight excluding hydrogens is 326 g/mol. The predicted octanol–water partition coefficient (Wildman–Crippen LogP) is 2.53. The zero-order valence-corrected chi connectivity index (χ0v) is 15.7. The van der Waals surface area contributed by atoms with Crippen molar-refractivity contribution < 1.29 is 9.59 Å². The molecule has 5 nitrogen and oxygen atoms in total. The number of carbonyl (C=O) groups excluding carboxylic acids is 2. The molecule has 0 atom stereocenters. The van der Waals surface area contributed by atoms with Gasteiger partial charge in [-0.05, 0) is 55.2 Å². The quantitative estimate of drug-likeness (QED) is 0.854. The lowest BCUT2D eigenvalue weighted by Gasteiger charge is -2.35. The van der Waals surface area contributed by atoms with Gasteiger partial charge in [-0.3, -0.25) is 14.6 Å². The van der Waals surface area contributed by atoms with E-state index in [-0.39, 0.29) is 11.8 Å². The summed E-state index contributed by atoms with van der Waals surface area (Å²) in [6.45, 7) is 8.50. The summed E-state index contributed by atoms with van der Waals surface area (Å²) in [6.07, 6.45) is 3.66. The van der Waals surface area contributed by atoms with Crippen molar-refractivity contribution in [3.63, 3.8) is 0 Å². The van der Waals surface area contributed by atoms with E-state index in [2.05, 4.69) is 37.9 Å². The molecule has 0 aliphatic carbocycles. The number of pyridine rings is 1. The number of carbonyl (C=O) groups is 2. The fraction of sp³-hybridized carbons (Fsp3) is 0.381. The van der Waals surface area contributed by atoms with Crippen LogP contribution in [0.4, 0.5) is 0 Å². The standard InChI is InChI=1S/C21H25N3O2/c1-15-11-17(3)19(12-16(15)2)13-20(25)23-7-9-24(10-8-23)21(26)18-5-4-6-22-14-18/h4-6,11-12,14H,7-10,13H2,1-3H3. The van der Waals surface area contributed by atoms with Crippen molar-refractivity contribution in [1.82, 2.24) is 14.8 Å². The average molecular weight is 351 g/mol. The third-order valence-corrected chi connectivity index (χ3v) is 5.12. The number of aromatic nitrogens is 1. The van der Waals surface area contributed by atoms with Gasteiger partial charge >= 0.3 is 0 Å². The van der Waals surface area contributed by atoms with Crippen LogP contribution in [0.3, 0.4) is 0 Å². The lowest BCUT2D eigenvalue weighted by atomic mass is 9.98. The number of aryl methyl sites for hydroxylation is 3. The van der Waals surface area contributed by atoms with Gasteiger partial charge in [0.2, 0.25) is 5.91 Å². The lowest BCUT2D eigenvalue weighted by molar-refractivity contribution is -0.131. The minimum atomic E-state index is -0.0183. The monoisotopic (exact) mass is 351 g/mol. The molecule has 1 aromatic carbocycles. The Labute approximate surface area is 154 Å². The van der Waals surface area contributed by atoms with Gasteiger partial charge in [-0.25, -0.2) is 0 Å². The Kier molecular flexibility index (Phi) is 5.35. The zero-order chi connectivity index (χ0) is 18.7. The van der Waals surface area contributed by atoms with Crippen molar-refractivity contribution in [2.45, 2.75) is 27.2 Å². The molecule has 0 radical (unpaired) electrons. The third kappa shape index (κ3) is 3.93. The molecule has 1 fully saturated rings. The number of rotatable bonds is 3. The molecular formula is C21H25N3O2. The van der Waals surface area contributed by atoms with Crippen molar-refractivity contribution in [3.05, 3.63) is 64.5 Å². The summed E-state index contributed by atoms with van der Waals surface area (Å²) in [4.78, 5) is 32.8. The Morgan fingerprint density at radius 2 is 1.62 bits per heavy atom. The minimum Gasteiger partial charge on any atom is -0.339 e. The fourth-order valence-electron chi connectivity index (χ4n) is 3.32. The van der Waals surface area contributed by atoms with Crippen molar-refractivity contribution >= 4 is 11.8 Å². The summed E-state index contributed by atoms with van der Waals surface area (Å²) < 4.78 is 0. The van der Waals surface area contributed by atoms with E-state index < -0.39 is 0 Å². The summed E-state index contributed by atoms with van der Waals surface area (Å²) in [7, 11) is 0. The van der Waals surface area contributed by atoms with Crippen LogP contribution in [0.2, 0.25) is 0 Å². The number of piperazine rings is 1. The van der Waals surface area contributed by atoms with Crippen LogP contribution in [0.15, 0.2) is 36.7 Å². The molecule has 0 saturated carbocycles. The normalized spacial score (nSPS) is 14.4. The van der Waals surface area contributed by atoms with E-state index in [9.17, 15) is 9.59 Å². The van der Waals surface area contributed by atoms with Gasteiger partial charge in [0.25, 0.3) is 5.91 Å². The van der Waals surface area contributed by atoms with Gasteiger partial charge in [0.1, 0.15) is 0 Å². The molecule has 3 rings (SSSR count). The highest BCUT2D eigenvalue weighted by Gasteiger charge is 2.25. The van der Waals surface area contributed by atoms with Crippen LogP contribution in [-0.4, -0.2) is 52.8 Å². The summed E-state index contributed by atoms with van der Waals surface area (Å²) in [5.41, 5.74) is 5.31. The Morgan fingerprint density at radius 1 is 0.962 bits per heavy atom. The largest absolute Gasteiger partial charge is 0.339 e. The molecule has 1 saturated heterocycles. The van der Waals surface area contributed by atoms with E-state index >= 15 is 0 Å². The molecule has 2 heterocycles. The Hall–Kier alpha value is -2.69. The zero-order valence-electron chi connectivity index (χ0n) is 15.7. The molecule has 2 aromatic rings. The molecule has 0 spiro atoms. The van der Waals surface area contributed by atoms with Gasteiger partial charge in [-0.2, -0.15) is 0 Å². The molecule has 0 unspecified atom stereocenters. The Balaban J connectivity index is 1.59. The smallest absolute Gasteiger partial charge is 0.255 e. The molecule has 1 aliphatic heterocycles. The molecule has 5 heteroatoms. The highest BCUT2D eigenvalue weighted by Crippen LogP contribution is 2.17. The molecule has 136 valence electrons. The summed E-state index contributed by atoms with van der Waals surface area (Å²) in [6, 6.07) is 7.79. The molecule has 0 bridgehead atoms. The lowest BCUT2D eigenvalue weighted by Crippen LogP contribution is -2.51. The highest BCUT2D eigenvalue weighted by atomic mass is 16.2. The summed E-state index contributed by atoms with van der Waals surface area (Å²) in [5, 5.41) is 0. The molecule has 2 amide bonds. The topological polar surface area (TPSA) is 53.5 Å². The van der Waals surface area contributed by atoms with Crippen LogP contribution in [0.5, 0.6) is 0 Å². The SMILES string of the molecule is Cc1cc(C)c(CC(=O)N2CCN(C(=O)c3cccnc3)CC2)cc1C. The minimum absolute atomic E-state index is 0.0183. The summed E-state index contributed by atoms with van der Waals surface area (Å²) >= 11 is 0. The first-order chi connectivity index (χ1) is 12.5. The van der Waals surface area contributed by atoms with Gasteiger partial charge in [0.05, 0.1) is 12.0 Å². The molecule has 1 aliphatic rings. The first-order valence-electron chi connectivity index (χ1n) is 8.99. The van der Waals surface area contributed by atoms with Crippen molar-refractivity contribution in [2.24, 2.45) is 0 Å². The average Bonchev–Trinajstić information content (AvgIpc) is 2.66. The van der Waals surface area contributed by atoms with Gasteiger partial charge in [0.15, 0.2) is 0 Å². The van der Waals surface area contributed by atoms with Gasteiger partial charge < -0.3 is 9.80 Å². The Morgan fingerprint density at radius 3 is 2.27 bits per heavy atom. The maximum absolute atomic E-state index is 12.7. The van der Waals surface area contributed by atoms with E-state index in [0.717, 1.165) is 11.1 Å². The van der Waals surface area contributed by atoms with E-state index in [4.69, 9.17) is 0 Å². The van der Waals surface area contributed by atoms with Crippen molar-refractivity contribution in [1.29, 1.82) is 0 Å². The molecule has 26 heavy (non-hydrogen) atoms. The van der Waals surface area contributed by atoms with E-state index in [0.29, 0.717) is 38.2 Å². The highest BCUT2D eigenvalue weighted by molar-refractivity contribution is 5.94. The third-order valence-electron chi connectivity index (χ3n) is 5.12. The van der Waals surface area contributed by atoms with Gasteiger partial charge in [-0.1, -0.05) is 12.1 Å².